The lowest BCUT2D eigenvalue weighted by Gasteiger charge is -2.24. The molecule has 5 heteroatoms. The fourth-order valence-corrected chi connectivity index (χ4v) is 2.71. The Bertz CT molecular complexity index is 496. The fraction of sp³-hybridized carbons (Fsp3) is 0.364. The lowest BCUT2D eigenvalue weighted by molar-refractivity contribution is 0.506. The Kier molecular flexibility index (Phi) is 3.07. The Balaban J connectivity index is 2.29. The first kappa shape index (κ1) is 11.3. The van der Waals surface area contributed by atoms with E-state index in [1.807, 2.05) is 12.1 Å². The van der Waals surface area contributed by atoms with Gasteiger partial charge in [-0.2, -0.15) is 0 Å². The average molecular weight is 238 g/mol. The molecule has 1 aliphatic carbocycles. The summed E-state index contributed by atoms with van der Waals surface area (Å²) in [5, 5.41) is 0.942. The molecule has 0 saturated heterocycles. The predicted molar refractivity (Wildman–Crippen MR) is 62.2 cm³/mol. The first-order valence-corrected chi connectivity index (χ1v) is 6.75. The van der Waals surface area contributed by atoms with Crippen LogP contribution in [0, 0.1) is 0 Å². The smallest absolute Gasteiger partial charge is 0.233 e. The molecule has 0 amide bonds. The Morgan fingerprint density at radius 1 is 1.56 bits per heavy atom. The highest BCUT2D eigenvalue weighted by atomic mass is 32.2. The highest BCUT2D eigenvalue weighted by Gasteiger charge is 2.23. The number of hydrogen-bond acceptors (Lipinski definition) is 3. The molecule has 0 bridgehead atoms. The highest BCUT2D eigenvalue weighted by Crippen LogP contribution is 2.28. The summed E-state index contributed by atoms with van der Waals surface area (Å²) in [5.74, 6) is 0. The van der Waals surface area contributed by atoms with Gasteiger partial charge in [0.05, 0.1) is 0 Å². The highest BCUT2D eigenvalue weighted by molar-refractivity contribution is 7.92. The van der Waals surface area contributed by atoms with Gasteiger partial charge in [-0.25, -0.2) is 13.1 Å². The lowest BCUT2D eigenvalue weighted by atomic mass is 9.92. The topological polar surface area (TPSA) is 59.1 Å². The zero-order valence-electron chi connectivity index (χ0n) is 8.89. The Hall–Kier alpha value is -1.20. The zero-order valence-corrected chi connectivity index (χ0v) is 9.70. The van der Waals surface area contributed by atoms with Crippen molar-refractivity contribution in [1.82, 2.24) is 9.71 Å². The van der Waals surface area contributed by atoms with Crippen LogP contribution in [-0.2, 0) is 16.4 Å². The molecule has 1 atom stereocenters. The van der Waals surface area contributed by atoms with Crippen LogP contribution in [0.5, 0.6) is 0 Å². The third kappa shape index (κ3) is 2.31. The van der Waals surface area contributed by atoms with E-state index >= 15 is 0 Å². The summed E-state index contributed by atoms with van der Waals surface area (Å²) >= 11 is 0. The molecule has 0 spiro atoms. The molecule has 1 aromatic heterocycles. The van der Waals surface area contributed by atoms with Crippen molar-refractivity contribution in [2.45, 2.75) is 25.3 Å². The molecule has 4 nitrogen and oxygen atoms in total. The van der Waals surface area contributed by atoms with Crippen LogP contribution in [-0.4, -0.2) is 13.4 Å². The van der Waals surface area contributed by atoms with Crippen LogP contribution in [0.4, 0.5) is 0 Å². The van der Waals surface area contributed by atoms with E-state index < -0.39 is 10.0 Å². The van der Waals surface area contributed by atoms with Gasteiger partial charge in [-0.15, -0.1) is 0 Å². The van der Waals surface area contributed by atoms with Crippen molar-refractivity contribution in [3.8, 4) is 0 Å². The fourth-order valence-electron chi connectivity index (χ4n) is 1.97. The molecule has 0 fully saturated rings. The number of sulfonamides is 1. The molecule has 1 unspecified atom stereocenters. The normalized spacial score (nSPS) is 20.1. The maximum atomic E-state index is 11.4. The van der Waals surface area contributed by atoms with Crippen molar-refractivity contribution in [2.75, 3.05) is 0 Å². The molecule has 0 aliphatic heterocycles. The number of aryl methyl sites for hydroxylation is 1. The maximum Gasteiger partial charge on any atom is 0.233 e. The van der Waals surface area contributed by atoms with E-state index in [1.54, 1.807) is 6.20 Å². The molecule has 2 rings (SSSR count). The monoisotopic (exact) mass is 238 g/mol. The summed E-state index contributed by atoms with van der Waals surface area (Å²) in [7, 11) is -3.38. The van der Waals surface area contributed by atoms with Gasteiger partial charge in [-0.3, -0.25) is 4.98 Å². The minimum absolute atomic E-state index is 0.166. The number of rotatable bonds is 3. The number of aromatic nitrogens is 1. The summed E-state index contributed by atoms with van der Waals surface area (Å²) in [4.78, 5) is 4.26. The molecule has 0 saturated carbocycles. The van der Waals surface area contributed by atoms with Gasteiger partial charge in [-0.05, 0) is 30.9 Å². The maximum absolute atomic E-state index is 11.4. The number of nitrogens with one attached hydrogen (secondary N) is 1. The van der Waals surface area contributed by atoms with Crippen molar-refractivity contribution in [3.63, 3.8) is 0 Å². The third-order valence-corrected chi connectivity index (χ3v) is 3.79. The molecule has 0 aromatic carbocycles. The number of nitrogens with zero attached hydrogens (tertiary/aromatic N) is 1. The predicted octanol–water partition coefficient (Wildman–Crippen LogP) is 1.52. The Morgan fingerprint density at radius 3 is 3.12 bits per heavy atom. The van der Waals surface area contributed by atoms with E-state index in [9.17, 15) is 8.42 Å². The summed E-state index contributed by atoms with van der Waals surface area (Å²) in [6.07, 6.45) is 4.42. The van der Waals surface area contributed by atoms with Gasteiger partial charge in [0.25, 0.3) is 0 Å². The largest absolute Gasteiger partial charge is 0.261 e. The van der Waals surface area contributed by atoms with Crippen molar-refractivity contribution < 1.29 is 8.42 Å². The molecule has 0 radical (unpaired) electrons. The second kappa shape index (κ2) is 4.35. The lowest BCUT2D eigenvalue weighted by Crippen LogP contribution is -2.29. The van der Waals surface area contributed by atoms with Crippen LogP contribution >= 0.6 is 0 Å². The second-order valence-electron chi connectivity index (χ2n) is 3.81. The molecule has 1 N–H and O–H groups in total. The summed E-state index contributed by atoms with van der Waals surface area (Å²) in [6, 6.07) is 3.59. The molecule has 16 heavy (non-hydrogen) atoms. The van der Waals surface area contributed by atoms with Gasteiger partial charge < -0.3 is 0 Å². The van der Waals surface area contributed by atoms with Crippen LogP contribution in [0.1, 0.15) is 30.1 Å². The van der Waals surface area contributed by atoms with Crippen molar-refractivity contribution in [3.05, 3.63) is 41.6 Å². The Labute approximate surface area is 95.5 Å². The number of hydrogen-bond donors (Lipinski definition) is 1. The minimum Gasteiger partial charge on any atom is -0.261 e. The molecule has 1 heterocycles. The molecule has 1 aliphatic rings. The van der Waals surface area contributed by atoms with Gasteiger partial charge >= 0.3 is 0 Å². The van der Waals surface area contributed by atoms with E-state index in [1.165, 1.54) is 0 Å². The van der Waals surface area contributed by atoms with Crippen LogP contribution in [0.25, 0.3) is 0 Å². The van der Waals surface area contributed by atoms with Gasteiger partial charge in [0.2, 0.25) is 10.0 Å². The van der Waals surface area contributed by atoms with Crippen molar-refractivity contribution >= 4 is 10.0 Å². The first-order valence-electron chi connectivity index (χ1n) is 5.21. The van der Waals surface area contributed by atoms with E-state index in [-0.39, 0.29) is 6.04 Å². The van der Waals surface area contributed by atoms with E-state index in [0.29, 0.717) is 0 Å². The van der Waals surface area contributed by atoms with E-state index in [2.05, 4.69) is 16.3 Å². The molecular weight excluding hydrogens is 224 g/mol. The average Bonchev–Trinajstić information content (AvgIpc) is 2.29. The van der Waals surface area contributed by atoms with Crippen LogP contribution in [0.2, 0.25) is 0 Å². The van der Waals surface area contributed by atoms with Gasteiger partial charge in [0, 0.05) is 23.3 Å². The zero-order chi connectivity index (χ0) is 11.6. The summed E-state index contributed by atoms with van der Waals surface area (Å²) in [6.45, 7) is 3.29. The first-order chi connectivity index (χ1) is 7.62. The second-order valence-corrected chi connectivity index (χ2v) is 5.47. The van der Waals surface area contributed by atoms with E-state index in [4.69, 9.17) is 0 Å². The van der Waals surface area contributed by atoms with Crippen molar-refractivity contribution in [2.24, 2.45) is 0 Å². The Morgan fingerprint density at radius 2 is 2.38 bits per heavy atom. The van der Waals surface area contributed by atoms with Gasteiger partial charge in [-0.1, -0.05) is 12.6 Å². The third-order valence-electron chi connectivity index (χ3n) is 2.73. The van der Waals surface area contributed by atoms with Crippen LogP contribution in [0.15, 0.2) is 30.3 Å². The number of pyridine rings is 1. The summed E-state index contributed by atoms with van der Waals surface area (Å²) in [5.41, 5.74) is 1.98. The SMILES string of the molecule is C=CS(=O)(=O)NC1CCCc2ncccc21. The quantitative estimate of drug-likeness (QED) is 0.868. The number of fused-ring (bicyclic) bond motifs is 1. The van der Waals surface area contributed by atoms with Crippen LogP contribution in [0.3, 0.4) is 0 Å². The van der Waals surface area contributed by atoms with Crippen LogP contribution < -0.4 is 4.72 Å². The van der Waals surface area contributed by atoms with Crippen molar-refractivity contribution in [1.29, 1.82) is 0 Å². The minimum atomic E-state index is -3.38. The standard InChI is InChI=1S/C11H14N2O2S/c1-2-16(14,15)13-11-7-3-6-10-9(11)5-4-8-12-10/h2,4-5,8,11,13H,1,3,6-7H2. The summed E-state index contributed by atoms with van der Waals surface area (Å²) < 4.78 is 25.5. The molecular formula is C11H14N2O2S. The van der Waals surface area contributed by atoms with Gasteiger partial charge in [0.1, 0.15) is 0 Å². The molecule has 86 valence electrons. The molecule has 1 aromatic rings. The van der Waals surface area contributed by atoms with Gasteiger partial charge in [0.15, 0.2) is 0 Å². The van der Waals surface area contributed by atoms with E-state index in [0.717, 1.165) is 35.9 Å².